The van der Waals surface area contributed by atoms with E-state index >= 15 is 0 Å². The summed E-state index contributed by atoms with van der Waals surface area (Å²) in [6.07, 6.45) is 2.81. The van der Waals surface area contributed by atoms with E-state index in [1.807, 2.05) is 25.1 Å². The molecule has 1 fully saturated rings. The maximum atomic E-state index is 11.0. The maximum Gasteiger partial charge on any atom is 0.0904 e. The lowest BCUT2D eigenvalue weighted by molar-refractivity contribution is -0.0635. The van der Waals surface area contributed by atoms with Gasteiger partial charge in [0.1, 0.15) is 0 Å². The van der Waals surface area contributed by atoms with Gasteiger partial charge in [0.15, 0.2) is 0 Å². The minimum atomic E-state index is -0.724. The standard InChI is InChI=1S/C16H23ClO/c1-11-8-15(3,4)10-16(18,9-11)13-6-5-12(2)14(17)7-13/h5-7,11,18H,8-10H2,1-4H3. The summed E-state index contributed by atoms with van der Waals surface area (Å²) in [4.78, 5) is 0. The summed E-state index contributed by atoms with van der Waals surface area (Å²) in [6, 6.07) is 5.96. The first-order valence-corrected chi connectivity index (χ1v) is 7.09. The van der Waals surface area contributed by atoms with E-state index in [1.54, 1.807) is 0 Å². The van der Waals surface area contributed by atoms with Gasteiger partial charge in [0.2, 0.25) is 0 Å². The molecule has 0 spiro atoms. The van der Waals surface area contributed by atoms with Crippen LogP contribution in [0.15, 0.2) is 18.2 Å². The van der Waals surface area contributed by atoms with Crippen molar-refractivity contribution >= 4 is 11.6 Å². The predicted octanol–water partition coefficient (Wildman–Crippen LogP) is 4.68. The van der Waals surface area contributed by atoms with Crippen LogP contribution in [0.4, 0.5) is 0 Å². The largest absolute Gasteiger partial charge is 0.385 e. The van der Waals surface area contributed by atoms with Gasteiger partial charge in [-0.2, -0.15) is 0 Å². The highest BCUT2D eigenvalue weighted by Crippen LogP contribution is 2.48. The van der Waals surface area contributed by atoms with Crippen LogP contribution >= 0.6 is 11.6 Å². The van der Waals surface area contributed by atoms with Gasteiger partial charge in [0.25, 0.3) is 0 Å². The lowest BCUT2D eigenvalue weighted by Gasteiger charge is -2.45. The van der Waals surface area contributed by atoms with Gasteiger partial charge in [-0.1, -0.05) is 44.5 Å². The Bertz CT molecular complexity index is 452. The van der Waals surface area contributed by atoms with Crippen molar-refractivity contribution in [2.24, 2.45) is 11.3 Å². The van der Waals surface area contributed by atoms with Crippen molar-refractivity contribution in [2.75, 3.05) is 0 Å². The molecule has 0 bridgehead atoms. The summed E-state index contributed by atoms with van der Waals surface area (Å²) in [5, 5.41) is 11.8. The topological polar surface area (TPSA) is 20.2 Å². The van der Waals surface area contributed by atoms with E-state index in [0.717, 1.165) is 29.0 Å². The number of benzene rings is 1. The number of hydrogen-bond donors (Lipinski definition) is 1. The average Bonchev–Trinajstić information content (AvgIpc) is 2.18. The van der Waals surface area contributed by atoms with Crippen molar-refractivity contribution < 1.29 is 5.11 Å². The van der Waals surface area contributed by atoms with Gasteiger partial charge in [-0.25, -0.2) is 0 Å². The van der Waals surface area contributed by atoms with Crippen molar-refractivity contribution in [3.8, 4) is 0 Å². The third-order valence-corrected chi connectivity index (χ3v) is 4.47. The molecule has 1 aliphatic rings. The number of hydrogen-bond acceptors (Lipinski definition) is 1. The molecule has 0 aliphatic heterocycles. The average molecular weight is 267 g/mol. The molecule has 0 radical (unpaired) electrons. The van der Waals surface area contributed by atoms with Gasteiger partial charge in [-0.15, -0.1) is 0 Å². The summed E-state index contributed by atoms with van der Waals surface area (Å²) in [7, 11) is 0. The quantitative estimate of drug-likeness (QED) is 0.782. The summed E-state index contributed by atoms with van der Waals surface area (Å²) < 4.78 is 0. The number of aliphatic hydroxyl groups is 1. The van der Waals surface area contributed by atoms with E-state index in [-0.39, 0.29) is 5.41 Å². The summed E-state index contributed by atoms with van der Waals surface area (Å²) in [5.74, 6) is 0.541. The van der Waals surface area contributed by atoms with Crippen LogP contribution < -0.4 is 0 Å². The van der Waals surface area contributed by atoms with Crippen LogP contribution in [0.5, 0.6) is 0 Å². The van der Waals surface area contributed by atoms with E-state index in [4.69, 9.17) is 11.6 Å². The number of aryl methyl sites for hydroxylation is 1. The van der Waals surface area contributed by atoms with Crippen molar-refractivity contribution in [3.63, 3.8) is 0 Å². The highest BCUT2D eigenvalue weighted by molar-refractivity contribution is 6.31. The Morgan fingerprint density at radius 1 is 1.28 bits per heavy atom. The van der Waals surface area contributed by atoms with Crippen LogP contribution in [0.25, 0.3) is 0 Å². The van der Waals surface area contributed by atoms with Gasteiger partial charge in [0, 0.05) is 5.02 Å². The van der Waals surface area contributed by atoms with E-state index in [9.17, 15) is 5.11 Å². The Balaban J connectivity index is 2.37. The smallest absolute Gasteiger partial charge is 0.0904 e. The van der Waals surface area contributed by atoms with Crippen LogP contribution in [0, 0.1) is 18.3 Å². The van der Waals surface area contributed by atoms with Crippen molar-refractivity contribution in [3.05, 3.63) is 34.3 Å². The first kappa shape index (κ1) is 13.9. The normalized spacial score (nSPS) is 31.3. The first-order valence-electron chi connectivity index (χ1n) is 6.71. The SMILES string of the molecule is Cc1ccc(C2(O)CC(C)CC(C)(C)C2)cc1Cl. The molecule has 1 saturated carbocycles. The molecule has 2 rings (SSSR count). The lowest BCUT2D eigenvalue weighted by Crippen LogP contribution is -2.39. The zero-order valence-corrected chi connectivity index (χ0v) is 12.5. The molecule has 2 atom stereocenters. The molecule has 2 unspecified atom stereocenters. The van der Waals surface area contributed by atoms with Gasteiger partial charge in [-0.3, -0.25) is 0 Å². The number of rotatable bonds is 1. The molecule has 18 heavy (non-hydrogen) atoms. The molecule has 0 amide bonds. The maximum absolute atomic E-state index is 11.0. The Labute approximate surface area is 115 Å². The lowest BCUT2D eigenvalue weighted by atomic mass is 9.64. The molecular formula is C16H23ClO. The highest BCUT2D eigenvalue weighted by atomic mass is 35.5. The van der Waals surface area contributed by atoms with Crippen LogP contribution in [0.1, 0.15) is 51.2 Å². The minimum absolute atomic E-state index is 0.184. The van der Waals surface area contributed by atoms with Gasteiger partial charge < -0.3 is 5.11 Å². The molecule has 1 nitrogen and oxygen atoms in total. The third-order valence-electron chi connectivity index (χ3n) is 4.07. The van der Waals surface area contributed by atoms with E-state index < -0.39 is 5.60 Å². The van der Waals surface area contributed by atoms with Gasteiger partial charge in [-0.05, 0) is 54.7 Å². The van der Waals surface area contributed by atoms with Gasteiger partial charge in [0.05, 0.1) is 5.60 Å². The molecule has 100 valence electrons. The summed E-state index contributed by atoms with van der Waals surface area (Å²) >= 11 is 6.19. The Hall–Kier alpha value is -0.530. The fourth-order valence-electron chi connectivity index (χ4n) is 3.63. The second-order valence-corrected chi connectivity index (χ2v) is 7.26. The number of halogens is 1. The van der Waals surface area contributed by atoms with Crippen LogP contribution in [-0.2, 0) is 5.60 Å². The molecular weight excluding hydrogens is 244 g/mol. The molecule has 1 aliphatic carbocycles. The molecule has 2 heteroatoms. The zero-order chi connectivity index (χ0) is 13.6. The van der Waals surface area contributed by atoms with Gasteiger partial charge >= 0.3 is 0 Å². The zero-order valence-electron chi connectivity index (χ0n) is 11.8. The molecule has 0 aromatic heterocycles. The van der Waals surface area contributed by atoms with Crippen LogP contribution in [0.3, 0.4) is 0 Å². The van der Waals surface area contributed by atoms with E-state index in [2.05, 4.69) is 20.8 Å². The second kappa shape index (κ2) is 4.54. The molecule has 1 aromatic rings. The predicted molar refractivity (Wildman–Crippen MR) is 76.9 cm³/mol. The van der Waals surface area contributed by atoms with E-state index in [0.29, 0.717) is 5.92 Å². The second-order valence-electron chi connectivity index (χ2n) is 6.85. The van der Waals surface area contributed by atoms with Crippen molar-refractivity contribution in [1.29, 1.82) is 0 Å². The molecule has 0 heterocycles. The summed E-state index contributed by atoms with van der Waals surface area (Å²) in [5.41, 5.74) is 1.49. The first-order chi connectivity index (χ1) is 8.22. The monoisotopic (exact) mass is 266 g/mol. The van der Waals surface area contributed by atoms with Crippen molar-refractivity contribution in [1.82, 2.24) is 0 Å². The fraction of sp³-hybridized carbons (Fsp3) is 0.625. The molecule has 1 aromatic carbocycles. The third kappa shape index (κ3) is 2.73. The van der Waals surface area contributed by atoms with Crippen LogP contribution in [0.2, 0.25) is 5.02 Å². The summed E-state index contributed by atoms with van der Waals surface area (Å²) in [6.45, 7) is 8.69. The highest BCUT2D eigenvalue weighted by Gasteiger charge is 2.42. The van der Waals surface area contributed by atoms with Crippen molar-refractivity contribution in [2.45, 2.75) is 52.6 Å². The Kier molecular flexibility index (Phi) is 3.50. The van der Waals surface area contributed by atoms with Crippen LogP contribution in [-0.4, -0.2) is 5.11 Å². The molecule has 1 N–H and O–H groups in total. The Morgan fingerprint density at radius 3 is 2.50 bits per heavy atom. The van der Waals surface area contributed by atoms with E-state index in [1.165, 1.54) is 6.42 Å². The minimum Gasteiger partial charge on any atom is -0.385 e. The molecule has 0 saturated heterocycles. The Morgan fingerprint density at radius 2 is 1.94 bits per heavy atom. The fourth-order valence-corrected chi connectivity index (χ4v) is 3.81.